The normalized spacial score (nSPS) is 19.1. The molecule has 0 heterocycles. The van der Waals surface area contributed by atoms with Gasteiger partial charge in [0.2, 0.25) is 0 Å². The Morgan fingerprint density at radius 3 is 2.31 bits per heavy atom. The minimum absolute atomic E-state index is 0.161. The molecule has 0 amide bonds. The third kappa shape index (κ3) is 2.75. The lowest BCUT2D eigenvalue weighted by Crippen LogP contribution is -2.06. The number of anilines is 1. The summed E-state index contributed by atoms with van der Waals surface area (Å²) < 4.78 is 13.2. The second-order valence-corrected chi connectivity index (χ2v) is 4.82. The minimum Gasteiger partial charge on any atom is -0.398 e. The van der Waals surface area contributed by atoms with E-state index in [4.69, 9.17) is 5.73 Å². The van der Waals surface area contributed by atoms with E-state index in [1.165, 1.54) is 38.2 Å². The first-order valence-electron chi connectivity index (χ1n) is 6.32. The maximum Gasteiger partial charge on any atom is 0.123 e. The molecule has 1 saturated carbocycles. The van der Waals surface area contributed by atoms with Gasteiger partial charge in [-0.25, -0.2) is 4.39 Å². The van der Waals surface area contributed by atoms with Crippen molar-refractivity contribution < 1.29 is 4.39 Å². The molecular weight excluding hydrogens is 201 g/mol. The van der Waals surface area contributed by atoms with Crippen LogP contribution in [0.25, 0.3) is 0 Å². The van der Waals surface area contributed by atoms with Crippen molar-refractivity contribution in [3.8, 4) is 0 Å². The SMILES string of the molecule is Nc1ccc(F)cc1C1CCCCCCC1. The molecule has 2 rings (SSSR count). The Morgan fingerprint density at radius 2 is 1.62 bits per heavy atom. The Morgan fingerprint density at radius 1 is 1.00 bits per heavy atom. The van der Waals surface area contributed by atoms with Gasteiger partial charge in [0.1, 0.15) is 5.82 Å². The zero-order valence-electron chi connectivity index (χ0n) is 9.71. The minimum atomic E-state index is -0.161. The summed E-state index contributed by atoms with van der Waals surface area (Å²) in [5, 5.41) is 0. The number of benzene rings is 1. The van der Waals surface area contributed by atoms with E-state index in [1.807, 2.05) is 0 Å². The third-order valence-electron chi connectivity index (χ3n) is 3.59. The summed E-state index contributed by atoms with van der Waals surface area (Å²) >= 11 is 0. The smallest absolute Gasteiger partial charge is 0.123 e. The van der Waals surface area contributed by atoms with E-state index in [-0.39, 0.29) is 5.82 Å². The molecule has 0 atom stereocenters. The Balaban J connectivity index is 2.16. The molecule has 1 aromatic carbocycles. The van der Waals surface area contributed by atoms with Crippen molar-refractivity contribution in [3.63, 3.8) is 0 Å². The lowest BCUT2D eigenvalue weighted by Gasteiger charge is -2.21. The molecule has 88 valence electrons. The number of halogens is 1. The molecule has 1 aromatic rings. The molecule has 2 heteroatoms. The standard InChI is InChI=1S/C14H20FN/c15-12-8-9-14(16)13(10-12)11-6-4-2-1-3-5-7-11/h8-11H,1-7,16H2. The molecule has 1 fully saturated rings. The Kier molecular flexibility index (Phi) is 3.81. The number of nitrogen functional groups attached to an aromatic ring is 1. The van der Waals surface area contributed by atoms with Crippen LogP contribution in [0.15, 0.2) is 18.2 Å². The molecule has 0 saturated heterocycles. The fourth-order valence-electron chi connectivity index (χ4n) is 2.67. The summed E-state index contributed by atoms with van der Waals surface area (Å²) in [6.07, 6.45) is 8.80. The third-order valence-corrected chi connectivity index (χ3v) is 3.59. The van der Waals surface area contributed by atoms with Gasteiger partial charge in [0, 0.05) is 5.69 Å². The molecule has 0 aromatic heterocycles. The van der Waals surface area contributed by atoms with E-state index in [0.29, 0.717) is 5.92 Å². The zero-order chi connectivity index (χ0) is 11.4. The first-order chi connectivity index (χ1) is 7.77. The van der Waals surface area contributed by atoms with E-state index >= 15 is 0 Å². The molecule has 0 bridgehead atoms. The maximum atomic E-state index is 13.2. The molecule has 16 heavy (non-hydrogen) atoms. The molecular formula is C14H20FN. The summed E-state index contributed by atoms with van der Waals surface area (Å²) in [6.45, 7) is 0. The van der Waals surface area contributed by atoms with Gasteiger partial charge in [-0.15, -0.1) is 0 Å². The van der Waals surface area contributed by atoms with Crippen LogP contribution in [0.3, 0.4) is 0 Å². The maximum absolute atomic E-state index is 13.2. The van der Waals surface area contributed by atoms with Gasteiger partial charge in [0.05, 0.1) is 0 Å². The summed E-state index contributed by atoms with van der Waals surface area (Å²) in [6, 6.07) is 4.77. The lowest BCUT2D eigenvalue weighted by molar-refractivity contribution is 0.455. The summed E-state index contributed by atoms with van der Waals surface area (Å²) in [7, 11) is 0. The van der Waals surface area contributed by atoms with Crippen LogP contribution in [0.5, 0.6) is 0 Å². The van der Waals surface area contributed by atoms with Crippen molar-refractivity contribution in [1.82, 2.24) is 0 Å². The fourth-order valence-corrected chi connectivity index (χ4v) is 2.67. The van der Waals surface area contributed by atoms with E-state index < -0.39 is 0 Å². The number of hydrogen-bond donors (Lipinski definition) is 1. The van der Waals surface area contributed by atoms with Gasteiger partial charge in [0.25, 0.3) is 0 Å². The summed E-state index contributed by atoms with van der Waals surface area (Å²) in [5.41, 5.74) is 7.73. The molecule has 2 N–H and O–H groups in total. The topological polar surface area (TPSA) is 26.0 Å². The fraction of sp³-hybridized carbons (Fsp3) is 0.571. The van der Waals surface area contributed by atoms with Crippen molar-refractivity contribution in [3.05, 3.63) is 29.6 Å². The van der Waals surface area contributed by atoms with E-state index in [9.17, 15) is 4.39 Å². The predicted molar refractivity (Wildman–Crippen MR) is 65.9 cm³/mol. The van der Waals surface area contributed by atoms with Crippen LogP contribution in [-0.4, -0.2) is 0 Å². The summed E-state index contributed by atoms with van der Waals surface area (Å²) in [4.78, 5) is 0. The monoisotopic (exact) mass is 221 g/mol. The largest absolute Gasteiger partial charge is 0.398 e. The van der Waals surface area contributed by atoms with Crippen LogP contribution in [0, 0.1) is 5.82 Å². The van der Waals surface area contributed by atoms with Crippen molar-refractivity contribution in [1.29, 1.82) is 0 Å². The van der Waals surface area contributed by atoms with Crippen molar-refractivity contribution in [2.24, 2.45) is 0 Å². The first-order valence-corrected chi connectivity index (χ1v) is 6.32. The van der Waals surface area contributed by atoms with Gasteiger partial charge in [-0.2, -0.15) is 0 Å². The first kappa shape index (κ1) is 11.4. The number of hydrogen-bond acceptors (Lipinski definition) is 1. The number of rotatable bonds is 1. The van der Waals surface area contributed by atoms with Gasteiger partial charge in [-0.1, -0.05) is 32.1 Å². The second kappa shape index (κ2) is 5.33. The van der Waals surface area contributed by atoms with Crippen molar-refractivity contribution in [2.45, 2.75) is 50.9 Å². The highest BCUT2D eigenvalue weighted by molar-refractivity contribution is 5.48. The van der Waals surface area contributed by atoms with Gasteiger partial charge >= 0.3 is 0 Å². The van der Waals surface area contributed by atoms with Crippen LogP contribution in [0.4, 0.5) is 10.1 Å². The summed E-state index contributed by atoms with van der Waals surface area (Å²) in [5.74, 6) is 0.308. The second-order valence-electron chi connectivity index (χ2n) is 4.82. The van der Waals surface area contributed by atoms with Crippen LogP contribution >= 0.6 is 0 Å². The molecule has 0 aliphatic heterocycles. The van der Waals surface area contributed by atoms with Crippen molar-refractivity contribution >= 4 is 5.69 Å². The van der Waals surface area contributed by atoms with E-state index in [0.717, 1.165) is 24.1 Å². The molecule has 0 unspecified atom stereocenters. The van der Waals surface area contributed by atoms with Crippen LogP contribution in [0.2, 0.25) is 0 Å². The van der Waals surface area contributed by atoms with Gasteiger partial charge < -0.3 is 5.73 Å². The Hall–Kier alpha value is -1.05. The average molecular weight is 221 g/mol. The quantitative estimate of drug-likeness (QED) is 0.705. The number of nitrogens with two attached hydrogens (primary N) is 1. The zero-order valence-corrected chi connectivity index (χ0v) is 9.71. The highest BCUT2D eigenvalue weighted by Crippen LogP contribution is 2.34. The molecule has 0 spiro atoms. The molecule has 1 nitrogen and oxygen atoms in total. The molecule has 1 aliphatic rings. The van der Waals surface area contributed by atoms with E-state index in [1.54, 1.807) is 12.1 Å². The molecule has 1 aliphatic carbocycles. The van der Waals surface area contributed by atoms with Crippen LogP contribution in [0.1, 0.15) is 56.4 Å². The van der Waals surface area contributed by atoms with Crippen LogP contribution < -0.4 is 5.73 Å². The van der Waals surface area contributed by atoms with Gasteiger partial charge in [-0.05, 0) is 42.5 Å². The van der Waals surface area contributed by atoms with Crippen molar-refractivity contribution in [2.75, 3.05) is 5.73 Å². The van der Waals surface area contributed by atoms with E-state index in [2.05, 4.69) is 0 Å². The van der Waals surface area contributed by atoms with Gasteiger partial charge in [0.15, 0.2) is 0 Å². The Labute approximate surface area is 96.9 Å². The van der Waals surface area contributed by atoms with Gasteiger partial charge in [-0.3, -0.25) is 0 Å². The molecule has 0 radical (unpaired) electrons. The highest BCUT2D eigenvalue weighted by Gasteiger charge is 2.16. The average Bonchev–Trinajstić information content (AvgIpc) is 2.22. The Bertz CT molecular complexity index is 341. The van der Waals surface area contributed by atoms with Crippen LogP contribution in [-0.2, 0) is 0 Å². The highest BCUT2D eigenvalue weighted by atomic mass is 19.1. The lowest BCUT2D eigenvalue weighted by atomic mass is 9.85. The predicted octanol–water partition coefficient (Wildman–Crippen LogP) is 4.24.